The van der Waals surface area contributed by atoms with E-state index in [9.17, 15) is 4.79 Å². The van der Waals surface area contributed by atoms with Gasteiger partial charge in [-0.1, -0.05) is 41.6 Å². The molecule has 0 fully saturated rings. The predicted octanol–water partition coefficient (Wildman–Crippen LogP) is 3.54. The lowest BCUT2D eigenvalue weighted by molar-refractivity contribution is 0.0938. The van der Waals surface area contributed by atoms with Gasteiger partial charge in [-0.15, -0.1) is 0 Å². The van der Waals surface area contributed by atoms with Crippen LogP contribution in [-0.2, 0) is 0 Å². The summed E-state index contributed by atoms with van der Waals surface area (Å²) in [6, 6.07) is 14.9. The average molecular weight is 307 g/mol. The Bertz CT molecular complexity index is 798. The number of carbonyl (C=O) groups excluding carboxylic acids is 1. The number of nitrogens with zero attached hydrogens (tertiary/aromatic N) is 2. The minimum absolute atomic E-state index is 0.207. The molecule has 0 saturated carbocycles. The standard InChI is InChI=1S/C18H17N3O2/c1-12(15-10-6-7-11-19-15)20-18(22)16-13(2)23-21-17(16)14-8-4-3-5-9-14/h3-12H,1-2H3,(H,20,22)/t12-/m0/s1. The van der Waals surface area contributed by atoms with Gasteiger partial charge < -0.3 is 9.84 Å². The van der Waals surface area contributed by atoms with Crippen molar-refractivity contribution in [2.45, 2.75) is 19.9 Å². The molecule has 3 aromatic rings. The van der Waals surface area contributed by atoms with Gasteiger partial charge in [0.2, 0.25) is 0 Å². The third kappa shape index (κ3) is 3.13. The number of aryl methyl sites for hydroxylation is 1. The molecule has 1 aromatic carbocycles. The molecule has 0 aliphatic carbocycles. The predicted molar refractivity (Wildman–Crippen MR) is 86.8 cm³/mol. The summed E-state index contributed by atoms with van der Waals surface area (Å²) in [4.78, 5) is 16.9. The Morgan fingerprint density at radius 1 is 1.13 bits per heavy atom. The maximum Gasteiger partial charge on any atom is 0.257 e. The second-order valence-electron chi connectivity index (χ2n) is 5.28. The van der Waals surface area contributed by atoms with Crippen LogP contribution < -0.4 is 5.32 Å². The fraction of sp³-hybridized carbons (Fsp3) is 0.167. The summed E-state index contributed by atoms with van der Waals surface area (Å²) in [6.45, 7) is 3.63. The van der Waals surface area contributed by atoms with Crippen LogP contribution in [0, 0.1) is 6.92 Å². The summed E-state index contributed by atoms with van der Waals surface area (Å²) >= 11 is 0. The summed E-state index contributed by atoms with van der Waals surface area (Å²) in [7, 11) is 0. The SMILES string of the molecule is Cc1onc(-c2ccccc2)c1C(=O)N[C@@H](C)c1ccccn1. The molecule has 0 radical (unpaired) electrons. The molecule has 5 nitrogen and oxygen atoms in total. The van der Waals surface area contributed by atoms with Gasteiger partial charge >= 0.3 is 0 Å². The molecule has 1 N–H and O–H groups in total. The quantitative estimate of drug-likeness (QED) is 0.800. The van der Waals surface area contributed by atoms with Crippen molar-refractivity contribution in [2.75, 3.05) is 0 Å². The van der Waals surface area contributed by atoms with E-state index in [1.807, 2.05) is 55.5 Å². The van der Waals surface area contributed by atoms with Crippen LogP contribution in [0.2, 0.25) is 0 Å². The fourth-order valence-corrected chi connectivity index (χ4v) is 2.41. The van der Waals surface area contributed by atoms with E-state index in [0.29, 0.717) is 17.0 Å². The van der Waals surface area contributed by atoms with Crippen molar-refractivity contribution >= 4 is 5.91 Å². The third-order valence-corrected chi connectivity index (χ3v) is 3.62. The fourth-order valence-electron chi connectivity index (χ4n) is 2.41. The Hall–Kier alpha value is -2.95. The van der Waals surface area contributed by atoms with Gasteiger partial charge in [0.25, 0.3) is 5.91 Å². The van der Waals surface area contributed by atoms with Gasteiger partial charge in [-0.2, -0.15) is 0 Å². The zero-order chi connectivity index (χ0) is 16.2. The highest BCUT2D eigenvalue weighted by Crippen LogP contribution is 2.25. The van der Waals surface area contributed by atoms with Crippen LogP contribution in [0.1, 0.15) is 34.8 Å². The van der Waals surface area contributed by atoms with Crippen molar-refractivity contribution in [3.05, 3.63) is 71.7 Å². The number of hydrogen-bond donors (Lipinski definition) is 1. The summed E-state index contributed by atoms with van der Waals surface area (Å²) in [5.41, 5.74) is 2.66. The second kappa shape index (κ2) is 6.44. The third-order valence-electron chi connectivity index (χ3n) is 3.62. The monoisotopic (exact) mass is 307 g/mol. The maximum absolute atomic E-state index is 12.7. The number of aromatic nitrogens is 2. The van der Waals surface area contributed by atoms with Crippen LogP contribution in [0.4, 0.5) is 0 Å². The summed E-state index contributed by atoms with van der Waals surface area (Å²) in [6.07, 6.45) is 1.71. The molecule has 0 spiro atoms. The van der Waals surface area contributed by atoms with Crippen LogP contribution in [0.15, 0.2) is 59.3 Å². The first-order valence-electron chi connectivity index (χ1n) is 7.40. The van der Waals surface area contributed by atoms with Gasteiger partial charge in [-0.3, -0.25) is 9.78 Å². The molecule has 2 aromatic heterocycles. The molecule has 0 bridgehead atoms. The van der Waals surface area contributed by atoms with Crippen LogP contribution in [0.25, 0.3) is 11.3 Å². The number of nitrogens with one attached hydrogen (secondary N) is 1. The van der Waals surface area contributed by atoms with E-state index in [1.165, 1.54) is 0 Å². The lowest BCUT2D eigenvalue weighted by Crippen LogP contribution is -2.27. The minimum Gasteiger partial charge on any atom is -0.360 e. The lowest BCUT2D eigenvalue weighted by atomic mass is 10.1. The largest absolute Gasteiger partial charge is 0.360 e. The first-order chi connectivity index (χ1) is 11.2. The molecule has 0 unspecified atom stereocenters. The topological polar surface area (TPSA) is 68.0 Å². The minimum atomic E-state index is -0.222. The van der Waals surface area contributed by atoms with Crippen molar-refractivity contribution in [3.8, 4) is 11.3 Å². The molecule has 0 aliphatic rings. The molecule has 2 heterocycles. The van der Waals surface area contributed by atoms with E-state index in [-0.39, 0.29) is 11.9 Å². The van der Waals surface area contributed by atoms with E-state index in [1.54, 1.807) is 13.1 Å². The first-order valence-corrected chi connectivity index (χ1v) is 7.40. The Balaban J connectivity index is 1.87. The molecular weight excluding hydrogens is 290 g/mol. The first kappa shape index (κ1) is 15.0. The summed E-state index contributed by atoms with van der Waals surface area (Å²) in [5, 5.41) is 6.98. The number of carbonyl (C=O) groups is 1. The van der Waals surface area contributed by atoms with Gasteiger partial charge in [0, 0.05) is 11.8 Å². The van der Waals surface area contributed by atoms with Crippen LogP contribution in [0.3, 0.4) is 0 Å². The number of pyridine rings is 1. The van der Waals surface area contributed by atoms with E-state index in [2.05, 4.69) is 15.5 Å². The average Bonchev–Trinajstić information content (AvgIpc) is 2.98. The normalized spacial score (nSPS) is 11.9. The molecule has 0 saturated heterocycles. The van der Waals surface area contributed by atoms with E-state index in [4.69, 9.17) is 4.52 Å². The van der Waals surface area contributed by atoms with Crippen molar-refractivity contribution in [1.82, 2.24) is 15.5 Å². The highest BCUT2D eigenvalue weighted by atomic mass is 16.5. The van der Waals surface area contributed by atoms with E-state index >= 15 is 0 Å². The Labute approximate surface area is 134 Å². The van der Waals surface area contributed by atoms with Gasteiger partial charge in [0.1, 0.15) is 17.0 Å². The van der Waals surface area contributed by atoms with Gasteiger partial charge in [0.05, 0.1) is 11.7 Å². The Morgan fingerprint density at radius 2 is 1.87 bits per heavy atom. The molecule has 116 valence electrons. The van der Waals surface area contributed by atoms with Crippen molar-refractivity contribution in [2.24, 2.45) is 0 Å². The summed E-state index contributed by atoms with van der Waals surface area (Å²) in [5.74, 6) is 0.273. The highest BCUT2D eigenvalue weighted by Gasteiger charge is 2.23. The second-order valence-corrected chi connectivity index (χ2v) is 5.28. The number of rotatable bonds is 4. The van der Waals surface area contributed by atoms with E-state index in [0.717, 1.165) is 11.3 Å². The lowest BCUT2D eigenvalue weighted by Gasteiger charge is -2.13. The van der Waals surface area contributed by atoms with Gasteiger partial charge in [-0.25, -0.2) is 0 Å². The summed E-state index contributed by atoms with van der Waals surface area (Å²) < 4.78 is 5.23. The molecule has 3 rings (SSSR count). The van der Waals surface area contributed by atoms with Gasteiger partial charge in [0.15, 0.2) is 0 Å². The number of amides is 1. The maximum atomic E-state index is 12.7. The highest BCUT2D eigenvalue weighted by molar-refractivity contribution is 6.00. The molecule has 5 heteroatoms. The molecule has 23 heavy (non-hydrogen) atoms. The van der Waals surface area contributed by atoms with Crippen molar-refractivity contribution in [3.63, 3.8) is 0 Å². The Morgan fingerprint density at radius 3 is 2.57 bits per heavy atom. The van der Waals surface area contributed by atoms with E-state index < -0.39 is 0 Å². The molecule has 1 amide bonds. The van der Waals surface area contributed by atoms with Crippen LogP contribution >= 0.6 is 0 Å². The smallest absolute Gasteiger partial charge is 0.257 e. The van der Waals surface area contributed by atoms with Gasteiger partial charge in [-0.05, 0) is 26.0 Å². The zero-order valence-corrected chi connectivity index (χ0v) is 13.0. The number of benzene rings is 1. The van der Waals surface area contributed by atoms with Crippen molar-refractivity contribution < 1.29 is 9.32 Å². The Kier molecular flexibility index (Phi) is 4.19. The molecule has 0 aliphatic heterocycles. The molecular formula is C18H17N3O2. The molecule has 1 atom stereocenters. The van der Waals surface area contributed by atoms with Crippen LogP contribution in [0.5, 0.6) is 0 Å². The zero-order valence-electron chi connectivity index (χ0n) is 13.0. The van der Waals surface area contributed by atoms with Crippen LogP contribution in [-0.4, -0.2) is 16.0 Å². The number of hydrogen-bond acceptors (Lipinski definition) is 4. The van der Waals surface area contributed by atoms with Crippen molar-refractivity contribution in [1.29, 1.82) is 0 Å².